The Labute approximate surface area is 265 Å². The molecule has 0 aliphatic heterocycles. The van der Waals surface area contributed by atoms with E-state index in [1.807, 2.05) is 0 Å². The smallest absolute Gasteiger partial charge is 0.0462 e. The molecule has 1 heteroatoms. The third-order valence-corrected chi connectivity index (χ3v) is 9.43. The minimum atomic E-state index is 0.877. The highest BCUT2D eigenvalue weighted by Gasteiger charge is 2.16. The zero-order valence-corrected chi connectivity index (χ0v) is 26.0. The van der Waals surface area contributed by atoms with E-state index < -0.39 is 0 Å². The van der Waals surface area contributed by atoms with Crippen LogP contribution in [0.15, 0.2) is 146 Å². The van der Waals surface area contributed by atoms with Gasteiger partial charge in [0, 0.05) is 17.1 Å². The Morgan fingerprint density at radius 3 is 1.51 bits per heavy atom. The summed E-state index contributed by atoms with van der Waals surface area (Å²) in [6, 6.07) is 51.6. The predicted molar refractivity (Wildman–Crippen MR) is 196 cm³/mol. The molecule has 8 aromatic carbocycles. The molecule has 0 fully saturated rings. The Morgan fingerprint density at radius 2 is 0.956 bits per heavy atom. The SMILES string of the molecule is C/C=C(/Cc1ccc2c3cccc4cccc(c5cccc1c52)c43)c1ccc(N(c2ccc(C)cc2)c2ccc(C)cc2)cc1. The van der Waals surface area contributed by atoms with Crippen molar-refractivity contribution in [2.24, 2.45) is 0 Å². The van der Waals surface area contributed by atoms with Gasteiger partial charge in [0.05, 0.1) is 0 Å². The second kappa shape index (κ2) is 10.9. The third kappa shape index (κ3) is 4.64. The molecule has 216 valence electrons. The first-order valence-corrected chi connectivity index (χ1v) is 15.9. The molecule has 0 unspecified atom stereocenters. The average molecular weight is 578 g/mol. The molecule has 0 atom stereocenters. The van der Waals surface area contributed by atoms with Gasteiger partial charge in [-0.1, -0.05) is 120 Å². The van der Waals surface area contributed by atoms with Crippen LogP contribution in [0.5, 0.6) is 0 Å². The van der Waals surface area contributed by atoms with Gasteiger partial charge in [0.1, 0.15) is 0 Å². The highest BCUT2D eigenvalue weighted by atomic mass is 15.1. The molecule has 8 aromatic rings. The van der Waals surface area contributed by atoms with Crippen LogP contribution in [0.25, 0.3) is 48.7 Å². The van der Waals surface area contributed by atoms with Crippen molar-refractivity contribution in [1.82, 2.24) is 0 Å². The van der Waals surface area contributed by atoms with Gasteiger partial charge in [0.15, 0.2) is 0 Å². The van der Waals surface area contributed by atoms with E-state index in [0.29, 0.717) is 0 Å². The van der Waals surface area contributed by atoms with Crippen LogP contribution in [0.1, 0.15) is 29.2 Å². The fourth-order valence-corrected chi connectivity index (χ4v) is 7.10. The van der Waals surface area contributed by atoms with Crippen LogP contribution in [0.3, 0.4) is 0 Å². The zero-order chi connectivity index (χ0) is 30.5. The average Bonchev–Trinajstić information content (AvgIpc) is 3.08. The fraction of sp³-hybridized carbons (Fsp3) is 0.0909. The van der Waals surface area contributed by atoms with Crippen LogP contribution in [-0.2, 0) is 6.42 Å². The van der Waals surface area contributed by atoms with Crippen LogP contribution >= 0.6 is 0 Å². The first kappa shape index (κ1) is 27.2. The molecule has 8 rings (SSSR count). The topological polar surface area (TPSA) is 3.24 Å². The number of allylic oxidation sites excluding steroid dienone is 2. The number of hydrogen-bond acceptors (Lipinski definition) is 1. The molecule has 0 bridgehead atoms. The fourth-order valence-electron chi connectivity index (χ4n) is 7.10. The number of fused-ring (bicyclic) bond motifs is 2. The van der Waals surface area contributed by atoms with Crippen molar-refractivity contribution in [2.75, 3.05) is 4.90 Å². The third-order valence-electron chi connectivity index (χ3n) is 9.43. The van der Waals surface area contributed by atoms with Crippen LogP contribution < -0.4 is 4.90 Å². The minimum Gasteiger partial charge on any atom is -0.311 e. The summed E-state index contributed by atoms with van der Waals surface area (Å²) in [7, 11) is 0. The second-order valence-corrected chi connectivity index (χ2v) is 12.3. The molecular formula is C44H35N. The highest BCUT2D eigenvalue weighted by Crippen LogP contribution is 2.42. The molecule has 1 nitrogen and oxygen atoms in total. The van der Waals surface area contributed by atoms with Gasteiger partial charge in [-0.3, -0.25) is 0 Å². The number of nitrogens with zero attached hydrogens (tertiary/aromatic N) is 1. The van der Waals surface area contributed by atoms with E-state index in [9.17, 15) is 0 Å². The summed E-state index contributed by atoms with van der Waals surface area (Å²) in [6.07, 6.45) is 3.15. The van der Waals surface area contributed by atoms with Crippen molar-refractivity contribution < 1.29 is 0 Å². The maximum Gasteiger partial charge on any atom is 0.0462 e. The molecule has 0 N–H and O–H groups in total. The van der Waals surface area contributed by atoms with E-state index in [0.717, 1.165) is 23.5 Å². The minimum absolute atomic E-state index is 0.877. The van der Waals surface area contributed by atoms with E-state index in [-0.39, 0.29) is 0 Å². The molecule has 0 radical (unpaired) electrons. The lowest BCUT2D eigenvalue weighted by Gasteiger charge is -2.26. The van der Waals surface area contributed by atoms with Crippen molar-refractivity contribution in [3.8, 4) is 0 Å². The maximum atomic E-state index is 2.35. The Hall–Kier alpha value is -5.40. The van der Waals surface area contributed by atoms with Gasteiger partial charge in [0.25, 0.3) is 0 Å². The Balaban J connectivity index is 1.18. The first-order chi connectivity index (χ1) is 22.1. The van der Waals surface area contributed by atoms with Crippen molar-refractivity contribution in [1.29, 1.82) is 0 Å². The molecule has 0 saturated carbocycles. The van der Waals surface area contributed by atoms with Gasteiger partial charge in [-0.2, -0.15) is 0 Å². The van der Waals surface area contributed by atoms with Gasteiger partial charge < -0.3 is 4.90 Å². The Kier molecular flexibility index (Phi) is 6.61. The lowest BCUT2D eigenvalue weighted by atomic mass is 9.86. The molecule has 0 aliphatic carbocycles. The van der Waals surface area contributed by atoms with Gasteiger partial charge in [0.2, 0.25) is 0 Å². The quantitative estimate of drug-likeness (QED) is 0.140. The largest absolute Gasteiger partial charge is 0.311 e. The number of anilines is 3. The van der Waals surface area contributed by atoms with Gasteiger partial charge in [-0.15, -0.1) is 0 Å². The summed E-state index contributed by atoms with van der Waals surface area (Å²) in [5.41, 5.74) is 9.93. The number of benzene rings is 8. The summed E-state index contributed by atoms with van der Waals surface area (Å²) < 4.78 is 0. The van der Waals surface area contributed by atoms with E-state index in [1.54, 1.807) is 0 Å². The predicted octanol–water partition coefficient (Wildman–Crippen LogP) is 12.5. The van der Waals surface area contributed by atoms with E-state index >= 15 is 0 Å². The monoisotopic (exact) mass is 577 g/mol. The van der Waals surface area contributed by atoms with E-state index in [4.69, 9.17) is 0 Å². The van der Waals surface area contributed by atoms with Crippen molar-refractivity contribution >= 4 is 65.7 Å². The lowest BCUT2D eigenvalue weighted by Crippen LogP contribution is -2.10. The Bertz CT molecular complexity index is 2240. The molecule has 0 aliphatic rings. The Morgan fingerprint density at radius 1 is 0.489 bits per heavy atom. The standard InChI is InChI=1S/C44H35N/c1-4-31(32-18-25-37(26-19-32)45(35-21-14-29(2)15-22-35)36-23-16-30(3)17-24-36)28-34-20-27-42-40-12-6-9-33-8-5-11-39(43(33)40)41-13-7-10-38(34)44(41)42/h4-27H,28H2,1-3H3/b31-4-. The normalized spacial score (nSPS) is 12.1. The molecule has 0 spiro atoms. The maximum absolute atomic E-state index is 2.35. The number of hydrogen-bond donors (Lipinski definition) is 0. The first-order valence-electron chi connectivity index (χ1n) is 15.9. The van der Waals surface area contributed by atoms with Gasteiger partial charge >= 0.3 is 0 Å². The molecule has 0 aromatic heterocycles. The van der Waals surface area contributed by atoms with Crippen LogP contribution in [0.4, 0.5) is 17.1 Å². The number of aryl methyl sites for hydroxylation is 2. The zero-order valence-electron chi connectivity index (χ0n) is 26.0. The van der Waals surface area contributed by atoms with Crippen LogP contribution in [-0.4, -0.2) is 0 Å². The van der Waals surface area contributed by atoms with Gasteiger partial charge in [-0.05, 0) is 123 Å². The van der Waals surface area contributed by atoms with Crippen molar-refractivity contribution in [3.05, 3.63) is 168 Å². The molecule has 0 amide bonds. The van der Waals surface area contributed by atoms with Gasteiger partial charge in [-0.25, -0.2) is 0 Å². The lowest BCUT2D eigenvalue weighted by molar-refractivity contribution is 1.26. The molecule has 0 saturated heterocycles. The summed E-state index contributed by atoms with van der Waals surface area (Å²) in [5, 5.41) is 10.8. The van der Waals surface area contributed by atoms with Crippen molar-refractivity contribution in [2.45, 2.75) is 27.2 Å². The summed E-state index contributed by atoms with van der Waals surface area (Å²) >= 11 is 0. The number of rotatable bonds is 6. The van der Waals surface area contributed by atoms with E-state index in [1.165, 1.54) is 70.9 Å². The van der Waals surface area contributed by atoms with Crippen LogP contribution in [0.2, 0.25) is 0 Å². The van der Waals surface area contributed by atoms with E-state index in [2.05, 4.69) is 171 Å². The molecule has 0 heterocycles. The second-order valence-electron chi connectivity index (χ2n) is 12.3. The highest BCUT2D eigenvalue weighted by molar-refractivity contribution is 6.33. The van der Waals surface area contributed by atoms with Crippen molar-refractivity contribution in [3.63, 3.8) is 0 Å². The summed E-state index contributed by atoms with van der Waals surface area (Å²) in [5.74, 6) is 0. The summed E-state index contributed by atoms with van der Waals surface area (Å²) in [6.45, 7) is 6.43. The molecule has 45 heavy (non-hydrogen) atoms. The summed E-state index contributed by atoms with van der Waals surface area (Å²) in [4.78, 5) is 2.34. The van der Waals surface area contributed by atoms with Crippen LogP contribution in [0, 0.1) is 13.8 Å². The molecular weight excluding hydrogens is 542 g/mol.